The number of hydrogen-bond donors (Lipinski definition) is 0. The lowest BCUT2D eigenvalue weighted by Crippen LogP contribution is -3.00. The van der Waals surface area contributed by atoms with Crippen LogP contribution in [0.25, 0.3) is 0 Å². The number of hydrogen-bond acceptors (Lipinski definition) is 1. The van der Waals surface area contributed by atoms with Crippen LogP contribution in [0.5, 0.6) is 0 Å². The topological polar surface area (TPSA) is 21.7 Å². The van der Waals surface area contributed by atoms with E-state index in [1.165, 1.54) is 18.5 Å². The quantitative estimate of drug-likeness (QED) is 0.486. The van der Waals surface area contributed by atoms with Crippen LogP contribution in [-0.4, -0.2) is 9.90 Å². The maximum Gasteiger partial charge on any atom is 0.167 e. The van der Waals surface area contributed by atoms with Gasteiger partial charge in [-0.1, -0.05) is 13.3 Å². The van der Waals surface area contributed by atoms with E-state index < -0.39 is 0 Å². The second-order valence-corrected chi connectivity index (χ2v) is 2.91. The van der Waals surface area contributed by atoms with Crippen molar-refractivity contribution in [2.24, 2.45) is 14.1 Å². The Morgan fingerprint density at radius 3 is 2.67 bits per heavy atom. The van der Waals surface area contributed by atoms with Gasteiger partial charge in [-0.3, -0.25) is 0 Å². The van der Waals surface area contributed by atoms with Gasteiger partial charge >= 0.3 is 0 Å². The fourth-order valence-corrected chi connectivity index (χ4v) is 1.18. The molecule has 0 N–H and O–H groups in total. The molecular formula is C8H16ClN3. The highest BCUT2D eigenvalue weighted by atomic mass is 35.5. The summed E-state index contributed by atoms with van der Waals surface area (Å²) in [5.41, 5.74) is 1.31. The van der Waals surface area contributed by atoms with E-state index in [2.05, 4.69) is 18.3 Å². The molecule has 0 saturated carbocycles. The highest BCUT2D eigenvalue weighted by Crippen LogP contribution is 1.99. The van der Waals surface area contributed by atoms with Gasteiger partial charge in [-0.05, 0) is 6.42 Å². The minimum atomic E-state index is 0. The summed E-state index contributed by atoms with van der Waals surface area (Å²) in [7, 11) is 3.94. The van der Waals surface area contributed by atoms with E-state index in [9.17, 15) is 0 Å². The number of aromatic nitrogens is 3. The van der Waals surface area contributed by atoms with Crippen molar-refractivity contribution in [2.45, 2.75) is 26.2 Å². The minimum Gasteiger partial charge on any atom is -1.00 e. The largest absolute Gasteiger partial charge is 1.00 e. The average molecular weight is 190 g/mol. The molecule has 1 aromatic rings. The molecule has 0 amide bonds. The summed E-state index contributed by atoms with van der Waals surface area (Å²) in [5.74, 6) is 0. The lowest BCUT2D eigenvalue weighted by molar-refractivity contribution is -0.732. The van der Waals surface area contributed by atoms with Gasteiger partial charge < -0.3 is 12.4 Å². The summed E-state index contributed by atoms with van der Waals surface area (Å²) in [4.78, 5) is 0. The third-order valence-corrected chi connectivity index (χ3v) is 1.81. The van der Waals surface area contributed by atoms with Crippen molar-refractivity contribution in [1.82, 2.24) is 9.90 Å². The molecule has 70 valence electrons. The monoisotopic (exact) mass is 189 g/mol. The van der Waals surface area contributed by atoms with Gasteiger partial charge in [0, 0.05) is 6.42 Å². The van der Waals surface area contributed by atoms with Crippen molar-refractivity contribution in [3.8, 4) is 0 Å². The SMILES string of the molecule is CCCCc1c[n+](C)nn1C.[Cl-]. The van der Waals surface area contributed by atoms with Crippen LogP contribution in [0, 0.1) is 0 Å². The molecule has 0 unspecified atom stereocenters. The molecule has 0 radical (unpaired) electrons. The van der Waals surface area contributed by atoms with Crippen LogP contribution in [-0.2, 0) is 20.5 Å². The van der Waals surface area contributed by atoms with Gasteiger partial charge in [0.2, 0.25) is 0 Å². The van der Waals surface area contributed by atoms with Crippen molar-refractivity contribution in [2.75, 3.05) is 0 Å². The molecule has 0 spiro atoms. The Labute approximate surface area is 79.8 Å². The maximum absolute atomic E-state index is 4.20. The predicted molar refractivity (Wildman–Crippen MR) is 43.0 cm³/mol. The molecule has 0 aliphatic carbocycles. The summed E-state index contributed by atoms with van der Waals surface area (Å²) in [5, 5.41) is 4.20. The molecule has 1 aromatic heterocycles. The molecule has 0 aliphatic rings. The molecule has 4 heteroatoms. The van der Waals surface area contributed by atoms with Gasteiger partial charge in [0.1, 0.15) is 14.1 Å². The first-order valence-electron chi connectivity index (χ1n) is 4.13. The Hall–Kier alpha value is -0.570. The van der Waals surface area contributed by atoms with Gasteiger partial charge in [0.05, 0.1) is 5.21 Å². The van der Waals surface area contributed by atoms with Crippen molar-refractivity contribution in [3.05, 3.63) is 11.9 Å². The molecular weight excluding hydrogens is 174 g/mol. The van der Waals surface area contributed by atoms with Crippen molar-refractivity contribution in [3.63, 3.8) is 0 Å². The zero-order valence-corrected chi connectivity index (χ0v) is 8.67. The second-order valence-electron chi connectivity index (χ2n) is 2.91. The molecule has 0 fully saturated rings. The Morgan fingerprint density at radius 1 is 1.58 bits per heavy atom. The molecule has 3 nitrogen and oxygen atoms in total. The van der Waals surface area contributed by atoms with Crippen LogP contribution in [0.1, 0.15) is 25.5 Å². The Bertz CT molecular complexity index is 232. The lowest BCUT2D eigenvalue weighted by atomic mass is 10.2. The van der Waals surface area contributed by atoms with Crippen LogP contribution in [0.15, 0.2) is 6.20 Å². The van der Waals surface area contributed by atoms with E-state index in [-0.39, 0.29) is 12.4 Å². The predicted octanol–water partition coefficient (Wildman–Crippen LogP) is -2.41. The first-order valence-corrected chi connectivity index (χ1v) is 4.13. The molecule has 0 saturated heterocycles. The Balaban J connectivity index is 0.00000121. The van der Waals surface area contributed by atoms with Crippen LogP contribution in [0.3, 0.4) is 0 Å². The van der Waals surface area contributed by atoms with Gasteiger partial charge in [-0.2, -0.15) is 0 Å². The summed E-state index contributed by atoms with van der Waals surface area (Å²) in [6.45, 7) is 2.20. The molecule has 1 rings (SSSR count). The lowest BCUT2D eigenvalue weighted by Gasteiger charge is -1.90. The zero-order chi connectivity index (χ0) is 8.27. The number of aryl methyl sites for hydroxylation is 3. The molecule has 12 heavy (non-hydrogen) atoms. The Kier molecular flexibility index (Phi) is 4.90. The van der Waals surface area contributed by atoms with E-state index in [1.54, 1.807) is 0 Å². The number of halogens is 1. The standard InChI is InChI=1S/C8H16N3.ClH/c1-4-5-6-8-7-10(2)9-11(8)3;/h7H,4-6H2,1-3H3;1H/q+1;/p-1. The van der Waals surface area contributed by atoms with Gasteiger partial charge in [-0.15, -0.1) is 9.36 Å². The van der Waals surface area contributed by atoms with Gasteiger partial charge in [0.25, 0.3) is 0 Å². The number of rotatable bonds is 3. The van der Waals surface area contributed by atoms with Crippen LogP contribution in [0.4, 0.5) is 0 Å². The van der Waals surface area contributed by atoms with Crippen LogP contribution in [0.2, 0.25) is 0 Å². The van der Waals surface area contributed by atoms with Crippen molar-refractivity contribution in [1.29, 1.82) is 0 Å². The summed E-state index contributed by atoms with van der Waals surface area (Å²) < 4.78 is 3.79. The fourth-order valence-electron chi connectivity index (χ4n) is 1.18. The second kappa shape index (κ2) is 5.14. The maximum atomic E-state index is 4.20. The van der Waals surface area contributed by atoms with Crippen LogP contribution >= 0.6 is 0 Å². The number of nitrogens with zero attached hydrogens (tertiary/aromatic N) is 3. The van der Waals surface area contributed by atoms with E-state index in [4.69, 9.17) is 0 Å². The normalized spacial score (nSPS) is 9.58. The van der Waals surface area contributed by atoms with E-state index in [1.807, 2.05) is 23.5 Å². The van der Waals surface area contributed by atoms with Crippen molar-refractivity contribution < 1.29 is 17.1 Å². The number of unbranched alkanes of at least 4 members (excludes halogenated alkanes) is 1. The third kappa shape index (κ3) is 2.81. The molecule has 1 heterocycles. The summed E-state index contributed by atoms with van der Waals surface area (Å²) >= 11 is 0. The highest BCUT2D eigenvalue weighted by Gasteiger charge is 2.07. The molecule has 0 aromatic carbocycles. The molecule has 0 atom stereocenters. The van der Waals surface area contributed by atoms with E-state index >= 15 is 0 Å². The smallest absolute Gasteiger partial charge is 0.167 e. The summed E-state index contributed by atoms with van der Waals surface area (Å²) in [6, 6.07) is 0. The minimum absolute atomic E-state index is 0. The van der Waals surface area contributed by atoms with Crippen LogP contribution < -0.4 is 17.1 Å². The first kappa shape index (κ1) is 11.4. The van der Waals surface area contributed by atoms with Crippen molar-refractivity contribution >= 4 is 0 Å². The fraction of sp³-hybridized carbons (Fsp3) is 0.750. The highest BCUT2D eigenvalue weighted by molar-refractivity contribution is 4.89. The van der Waals surface area contributed by atoms with E-state index in [0.29, 0.717) is 0 Å². The zero-order valence-electron chi connectivity index (χ0n) is 7.92. The molecule has 0 bridgehead atoms. The molecule has 0 aliphatic heterocycles. The third-order valence-electron chi connectivity index (χ3n) is 1.81. The first-order chi connectivity index (χ1) is 5.24. The summed E-state index contributed by atoms with van der Waals surface area (Å²) in [6.07, 6.45) is 5.71. The Morgan fingerprint density at radius 2 is 2.25 bits per heavy atom. The average Bonchev–Trinajstić information content (AvgIpc) is 2.26. The van der Waals surface area contributed by atoms with E-state index in [0.717, 1.165) is 6.42 Å². The van der Waals surface area contributed by atoms with Gasteiger partial charge in [-0.25, -0.2) is 0 Å². The van der Waals surface area contributed by atoms with Gasteiger partial charge in [0.15, 0.2) is 11.9 Å².